The van der Waals surface area contributed by atoms with Crippen LogP contribution in [0, 0.1) is 10.4 Å². The summed E-state index contributed by atoms with van der Waals surface area (Å²) in [6.07, 6.45) is 0. The van der Waals surface area contributed by atoms with Gasteiger partial charge in [0.15, 0.2) is 0 Å². The Kier molecular flexibility index (Phi) is 1.30. The minimum atomic E-state index is -2.17. The van der Waals surface area contributed by atoms with Crippen molar-refractivity contribution in [2.24, 2.45) is 0 Å². The molecular formula is C6H5ClIN. The number of halogens is 2. The zero-order valence-electron chi connectivity index (χ0n) is 7.36. The van der Waals surface area contributed by atoms with Crippen molar-refractivity contribution in [1.82, 2.24) is 4.98 Å². The molecule has 48 valence electrons. The highest BCUT2D eigenvalue weighted by Gasteiger charge is 1.94. The number of aryl methyl sites for hydroxylation is 1. The second-order valence-electron chi connectivity index (χ2n) is 1.47. The van der Waals surface area contributed by atoms with E-state index >= 15 is 0 Å². The van der Waals surface area contributed by atoms with Gasteiger partial charge in [-0.1, -0.05) is 11.6 Å². The van der Waals surface area contributed by atoms with Gasteiger partial charge in [-0.2, -0.15) is 0 Å². The predicted octanol–water partition coefficient (Wildman–Crippen LogP) is 2.65. The maximum Gasteiger partial charge on any atom is 0.142 e. The highest BCUT2D eigenvalue weighted by atomic mass is 127. The van der Waals surface area contributed by atoms with E-state index in [2.05, 4.69) is 4.98 Å². The molecule has 0 radical (unpaired) electrons. The van der Waals surface area contributed by atoms with Gasteiger partial charge in [0.25, 0.3) is 0 Å². The molecule has 0 bridgehead atoms. The molecule has 1 rings (SSSR count). The summed E-state index contributed by atoms with van der Waals surface area (Å²) in [6, 6.07) is 3.10. The number of nitrogens with zero attached hydrogens (tertiary/aromatic N) is 1. The van der Waals surface area contributed by atoms with Crippen molar-refractivity contribution in [3.05, 3.63) is 26.5 Å². The van der Waals surface area contributed by atoms with Gasteiger partial charge in [-0.05, 0) is 41.6 Å². The predicted molar refractivity (Wildman–Crippen MR) is 46.7 cm³/mol. The lowest BCUT2D eigenvalue weighted by atomic mass is 10.4. The maximum atomic E-state index is 7.05. The Morgan fingerprint density at radius 1 is 1.78 bits per heavy atom. The zero-order valence-corrected chi connectivity index (χ0v) is 7.27. The molecule has 0 aliphatic carbocycles. The molecule has 1 nitrogen and oxygen atoms in total. The molecule has 0 saturated heterocycles. The van der Waals surface area contributed by atoms with Gasteiger partial charge in [0.1, 0.15) is 5.15 Å². The van der Waals surface area contributed by atoms with Crippen LogP contribution >= 0.6 is 34.2 Å². The van der Waals surface area contributed by atoms with E-state index in [1.165, 1.54) is 6.07 Å². The van der Waals surface area contributed by atoms with Crippen molar-refractivity contribution >= 4 is 34.2 Å². The summed E-state index contributed by atoms with van der Waals surface area (Å²) < 4.78 is 21.9. The van der Waals surface area contributed by atoms with Crippen LogP contribution in [0.15, 0.2) is 12.1 Å². The summed E-state index contributed by atoms with van der Waals surface area (Å²) >= 11 is 7.64. The Morgan fingerprint density at radius 2 is 2.56 bits per heavy atom. The number of aromatic nitrogens is 1. The molecule has 1 heterocycles. The van der Waals surface area contributed by atoms with E-state index < -0.39 is 6.85 Å². The van der Waals surface area contributed by atoms with E-state index in [0.29, 0.717) is 0 Å². The molecule has 0 spiro atoms. The molecule has 9 heavy (non-hydrogen) atoms. The lowest BCUT2D eigenvalue weighted by Crippen LogP contribution is -1.82. The highest BCUT2D eigenvalue weighted by Crippen LogP contribution is 2.14. The molecular weight excluding hydrogens is 248 g/mol. The molecule has 1 aromatic heterocycles. The van der Waals surface area contributed by atoms with E-state index in [1.807, 2.05) is 22.6 Å². The molecule has 0 saturated carbocycles. The van der Waals surface area contributed by atoms with Gasteiger partial charge in [-0.25, -0.2) is 4.98 Å². The van der Waals surface area contributed by atoms with E-state index in [9.17, 15) is 0 Å². The first kappa shape index (κ1) is 4.13. The summed E-state index contributed by atoms with van der Waals surface area (Å²) in [5.74, 6) is 0. The van der Waals surface area contributed by atoms with Crippen LogP contribution < -0.4 is 0 Å². The molecule has 0 amide bonds. The topological polar surface area (TPSA) is 12.9 Å². The second-order valence-corrected chi connectivity index (χ2v) is 2.99. The number of pyridine rings is 1. The van der Waals surface area contributed by atoms with Gasteiger partial charge in [-0.3, -0.25) is 0 Å². The molecule has 0 aliphatic rings. The van der Waals surface area contributed by atoms with Crippen molar-refractivity contribution in [3.8, 4) is 0 Å². The lowest BCUT2D eigenvalue weighted by molar-refractivity contribution is 1.19. The number of hydrogen-bond donors (Lipinski definition) is 0. The van der Waals surface area contributed by atoms with Crippen LogP contribution in [0.5, 0.6) is 0 Å². The van der Waals surface area contributed by atoms with Gasteiger partial charge in [-0.15, -0.1) is 0 Å². The fourth-order valence-electron chi connectivity index (χ4n) is 0.417. The van der Waals surface area contributed by atoms with Crippen LogP contribution in [0.1, 0.15) is 9.81 Å². The minimum Gasteiger partial charge on any atom is -0.240 e. The van der Waals surface area contributed by atoms with E-state index in [0.717, 1.165) is 3.57 Å². The molecule has 0 N–H and O–H groups in total. The standard InChI is InChI=1S/C6H5ClIN/c1-4-2-3-5(8)6(7)9-4/h2-3H,1H3/i1D3. The monoisotopic (exact) mass is 256 g/mol. The first-order chi connectivity index (χ1) is 5.41. The third kappa shape index (κ3) is 1.79. The minimum absolute atomic E-state index is 0.0351. The Hall–Kier alpha value is 0.170. The van der Waals surface area contributed by atoms with Gasteiger partial charge < -0.3 is 0 Å². The van der Waals surface area contributed by atoms with E-state index in [4.69, 9.17) is 15.7 Å². The highest BCUT2D eigenvalue weighted by molar-refractivity contribution is 14.1. The van der Waals surface area contributed by atoms with E-state index in [-0.39, 0.29) is 10.8 Å². The summed E-state index contributed by atoms with van der Waals surface area (Å²) in [5, 5.41) is 0.240. The largest absolute Gasteiger partial charge is 0.240 e. The molecule has 0 fully saturated rings. The average molecular weight is 256 g/mol. The molecule has 0 aliphatic heterocycles. The van der Waals surface area contributed by atoms with Crippen molar-refractivity contribution in [2.75, 3.05) is 0 Å². The van der Waals surface area contributed by atoms with Gasteiger partial charge >= 0.3 is 0 Å². The maximum absolute atomic E-state index is 7.05. The first-order valence-corrected chi connectivity index (χ1v) is 3.69. The summed E-state index contributed by atoms with van der Waals surface area (Å²) in [4.78, 5) is 3.74. The molecule has 0 unspecified atom stereocenters. The molecule has 0 atom stereocenters. The number of rotatable bonds is 0. The second kappa shape index (κ2) is 2.84. The molecule has 3 heteroatoms. The van der Waals surface area contributed by atoms with Crippen LogP contribution in [0.3, 0.4) is 0 Å². The Morgan fingerprint density at radius 3 is 3.11 bits per heavy atom. The van der Waals surface area contributed by atoms with Crippen molar-refractivity contribution in [2.45, 2.75) is 6.85 Å². The Balaban J connectivity index is 3.14. The third-order valence-corrected chi connectivity index (χ3v) is 2.28. The fourth-order valence-corrected chi connectivity index (χ4v) is 0.872. The summed E-state index contributed by atoms with van der Waals surface area (Å²) in [7, 11) is 0. The molecule has 0 aromatic carbocycles. The van der Waals surface area contributed by atoms with Gasteiger partial charge in [0.2, 0.25) is 0 Å². The SMILES string of the molecule is [2H]C([2H])([2H])c1ccc(I)c(Cl)n1. The quantitative estimate of drug-likeness (QED) is 0.514. The summed E-state index contributed by atoms with van der Waals surface area (Å²) in [6.45, 7) is -2.17. The summed E-state index contributed by atoms with van der Waals surface area (Å²) in [5.41, 5.74) is 0.0351. The van der Waals surface area contributed by atoms with Crippen molar-refractivity contribution in [1.29, 1.82) is 0 Å². The number of hydrogen-bond acceptors (Lipinski definition) is 1. The van der Waals surface area contributed by atoms with Crippen LogP contribution in [-0.2, 0) is 0 Å². The zero-order chi connectivity index (χ0) is 9.35. The van der Waals surface area contributed by atoms with Crippen LogP contribution in [0.25, 0.3) is 0 Å². The first-order valence-electron chi connectivity index (χ1n) is 3.74. The van der Waals surface area contributed by atoms with Crippen molar-refractivity contribution < 1.29 is 4.11 Å². The van der Waals surface area contributed by atoms with E-state index in [1.54, 1.807) is 6.07 Å². The van der Waals surface area contributed by atoms with Crippen LogP contribution in [0.4, 0.5) is 0 Å². The van der Waals surface area contributed by atoms with Gasteiger partial charge in [0.05, 0.1) is 3.57 Å². The average Bonchev–Trinajstić information content (AvgIpc) is 1.92. The Labute approximate surface area is 76.8 Å². The van der Waals surface area contributed by atoms with Crippen LogP contribution in [-0.4, -0.2) is 4.98 Å². The smallest absolute Gasteiger partial charge is 0.142 e. The fraction of sp³-hybridized carbons (Fsp3) is 0.167. The van der Waals surface area contributed by atoms with Gasteiger partial charge in [0, 0.05) is 9.81 Å². The van der Waals surface area contributed by atoms with Crippen molar-refractivity contribution in [3.63, 3.8) is 0 Å². The lowest BCUT2D eigenvalue weighted by Gasteiger charge is -1.93. The van der Waals surface area contributed by atoms with Crippen LogP contribution in [0.2, 0.25) is 5.15 Å². The third-order valence-electron chi connectivity index (χ3n) is 0.803. The normalized spacial score (nSPS) is 16.0. The molecule has 1 aromatic rings. The Bertz CT molecular complexity index is 299.